The quantitative estimate of drug-likeness (QED) is 0.558. The zero-order chi connectivity index (χ0) is 25.2. The number of carbonyl (C=O) groups is 2. The first-order valence-corrected chi connectivity index (χ1v) is 11.4. The van der Waals surface area contributed by atoms with Crippen LogP contribution in [0.2, 0.25) is 0 Å². The topological polar surface area (TPSA) is 95.6 Å². The van der Waals surface area contributed by atoms with Crippen molar-refractivity contribution in [1.29, 1.82) is 0 Å². The van der Waals surface area contributed by atoms with E-state index in [-0.39, 0.29) is 18.6 Å². The largest absolute Gasteiger partial charge is 0.497 e. The molecule has 0 aromatic heterocycles. The molecule has 3 aromatic carbocycles. The number of nitrogens with zero attached hydrogens (tertiary/aromatic N) is 1. The lowest BCUT2D eigenvalue weighted by atomic mass is 10.1. The molecule has 0 saturated heterocycles. The summed E-state index contributed by atoms with van der Waals surface area (Å²) in [6, 6.07) is 15.9. The minimum absolute atomic E-state index is 0.127. The Morgan fingerprint density at radius 3 is 2.44 bits per heavy atom. The maximum Gasteiger partial charge on any atom is 0.263 e. The van der Waals surface area contributed by atoms with Crippen molar-refractivity contribution in [3.8, 4) is 28.7 Å². The molecule has 0 aliphatic carbocycles. The molecule has 0 fully saturated rings. The zero-order valence-electron chi connectivity index (χ0n) is 20.2. The van der Waals surface area contributed by atoms with E-state index in [1.165, 1.54) is 14.2 Å². The second-order valence-electron chi connectivity index (χ2n) is 8.52. The summed E-state index contributed by atoms with van der Waals surface area (Å²) in [5, 5.41) is 2.91. The number of methoxy groups -OCH3 is 2. The fourth-order valence-corrected chi connectivity index (χ4v) is 4.21. The van der Waals surface area contributed by atoms with E-state index >= 15 is 0 Å². The smallest absolute Gasteiger partial charge is 0.263 e. The van der Waals surface area contributed by atoms with Gasteiger partial charge in [0.05, 0.1) is 14.2 Å². The van der Waals surface area contributed by atoms with Crippen molar-refractivity contribution in [3.63, 3.8) is 0 Å². The Morgan fingerprint density at radius 2 is 1.69 bits per heavy atom. The molecule has 0 saturated carbocycles. The molecule has 0 unspecified atom stereocenters. The third kappa shape index (κ3) is 4.72. The van der Waals surface area contributed by atoms with Crippen LogP contribution in [-0.2, 0) is 17.9 Å². The fraction of sp³-hybridized carbons (Fsp3) is 0.259. The summed E-state index contributed by atoms with van der Waals surface area (Å²) < 4.78 is 27.3. The van der Waals surface area contributed by atoms with E-state index in [1.807, 2.05) is 24.3 Å². The number of nitrogens with one attached hydrogen (secondary N) is 1. The molecule has 1 N–H and O–H groups in total. The van der Waals surface area contributed by atoms with Crippen molar-refractivity contribution in [3.05, 3.63) is 71.3 Å². The maximum absolute atomic E-state index is 13.1. The van der Waals surface area contributed by atoms with Crippen molar-refractivity contribution >= 4 is 17.5 Å². The number of amides is 2. The SMILES string of the molecule is COc1cc(OC)cc(C(=O)Nc2ccc3c(c2)CN(Cc2ccc4c(c2)OCO4)C(=O)[C@@H](C)O3)c1. The summed E-state index contributed by atoms with van der Waals surface area (Å²) in [6.45, 7) is 2.62. The van der Waals surface area contributed by atoms with Gasteiger partial charge in [0.2, 0.25) is 6.79 Å². The predicted molar refractivity (Wildman–Crippen MR) is 131 cm³/mol. The monoisotopic (exact) mass is 490 g/mol. The molecule has 1 atom stereocenters. The molecule has 186 valence electrons. The van der Waals surface area contributed by atoms with Gasteiger partial charge in [-0.3, -0.25) is 9.59 Å². The van der Waals surface area contributed by atoms with Crippen molar-refractivity contribution in [2.75, 3.05) is 26.3 Å². The van der Waals surface area contributed by atoms with Gasteiger partial charge >= 0.3 is 0 Å². The number of benzene rings is 3. The number of ether oxygens (including phenoxy) is 5. The van der Waals surface area contributed by atoms with E-state index < -0.39 is 6.10 Å². The Balaban J connectivity index is 1.37. The zero-order valence-corrected chi connectivity index (χ0v) is 20.2. The molecule has 0 radical (unpaired) electrons. The Bertz CT molecular complexity index is 1300. The molecule has 2 amide bonds. The van der Waals surface area contributed by atoms with Crippen LogP contribution in [-0.4, -0.2) is 43.8 Å². The minimum atomic E-state index is -0.648. The molecule has 9 nitrogen and oxygen atoms in total. The van der Waals surface area contributed by atoms with Crippen LogP contribution in [0.15, 0.2) is 54.6 Å². The van der Waals surface area contributed by atoms with E-state index in [9.17, 15) is 9.59 Å². The van der Waals surface area contributed by atoms with E-state index in [0.29, 0.717) is 53.1 Å². The van der Waals surface area contributed by atoms with Crippen molar-refractivity contribution in [1.82, 2.24) is 4.90 Å². The molecule has 2 aliphatic rings. The fourth-order valence-electron chi connectivity index (χ4n) is 4.21. The van der Waals surface area contributed by atoms with Crippen LogP contribution in [0.1, 0.15) is 28.4 Å². The van der Waals surface area contributed by atoms with Crippen molar-refractivity contribution < 1.29 is 33.3 Å². The van der Waals surface area contributed by atoms with Gasteiger partial charge in [0.15, 0.2) is 17.6 Å². The lowest BCUT2D eigenvalue weighted by molar-refractivity contribution is -0.138. The van der Waals surface area contributed by atoms with Crippen LogP contribution < -0.4 is 29.0 Å². The highest BCUT2D eigenvalue weighted by atomic mass is 16.7. The highest BCUT2D eigenvalue weighted by Gasteiger charge is 2.28. The summed E-state index contributed by atoms with van der Waals surface area (Å²) in [5.41, 5.74) is 2.67. The number of hydrogen-bond acceptors (Lipinski definition) is 7. The van der Waals surface area contributed by atoms with Crippen LogP contribution in [0.3, 0.4) is 0 Å². The van der Waals surface area contributed by atoms with Gasteiger partial charge in [-0.2, -0.15) is 0 Å². The van der Waals surface area contributed by atoms with Crippen LogP contribution in [0, 0.1) is 0 Å². The van der Waals surface area contributed by atoms with Gasteiger partial charge < -0.3 is 33.9 Å². The molecule has 5 rings (SSSR count). The molecule has 3 aromatic rings. The van der Waals surface area contributed by atoms with Gasteiger partial charge in [0.1, 0.15) is 17.2 Å². The summed E-state index contributed by atoms with van der Waals surface area (Å²) in [4.78, 5) is 27.7. The Morgan fingerprint density at radius 1 is 0.972 bits per heavy atom. The average Bonchev–Trinajstić information content (AvgIpc) is 3.32. The van der Waals surface area contributed by atoms with E-state index in [1.54, 1.807) is 42.2 Å². The molecule has 9 heteroatoms. The van der Waals surface area contributed by atoms with Gasteiger partial charge in [-0.1, -0.05) is 6.07 Å². The molecular weight excluding hydrogens is 464 g/mol. The lowest BCUT2D eigenvalue weighted by Crippen LogP contribution is -2.37. The molecule has 2 heterocycles. The number of fused-ring (bicyclic) bond motifs is 2. The third-order valence-corrected chi connectivity index (χ3v) is 6.07. The van der Waals surface area contributed by atoms with Gasteiger partial charge in [-0.25, -0.2) is 0 Å². The molecular formula is C27H26N2O7. The highest BCUT2D eigenvalue weighted by Crippen LogP contribution is 2.34. The number of anilines is 1. The summed E-state index contributed by atoms with van der Waals surface area (Å²) in [6.07, 6.45) is -0.648. The second-order valence-corrected chi connectivity index (χ2v) is 8.52. The third-order valence-electron chi connectivity index (χ3n) is 6.07. The van der Waals surface area contributed by atoms with Gasteiger partial charge in [-0.15, -0.1) is 0 Å². The Labute approximate surface area is 208 Å². The standard InChI is InChI=1S/C27H26N2O7/c1-16-27(31)29(13-17-4-6-24-25(8-17)35-15-34-24)14-19-9-20(5-7-23(19)36-16)28-26(30)18-10-21(32-2)12-22(11-18)33-3/h4-12,16H,13-15H2,1-3H3,(H,28,30)/t16-/m1/s1. The minimum Gasteiger partial charge on any atom is -0.497 e. The predicted octanol–water partition coefficient (Wildman–Crippen LogP) is 3.99. The molecule has 0 bridgehead atoms. The first-order valence-electron chi connectivity index (χ1n) is 11.4. The lowest BCUT2D eigenvalue weighted by Gasteiger charge is -2.22. The Kier molecular flexibility index (Phi) is 6.28. The molecule has 36 heavy (non-hydrogen) atoms. The summed E-state index contributed by atoms with van der Waals surface area (Å²) >= 11 is 0. The van der Waals surface area contributed by atoms with Crippen molar-refractivity contribution in [2.24, 2.45) is 0 Å². The van der Waals surface area contributed by atoms with Gasteiger partial charge in [0.25, 0.3) is 11.8 Å². The van der Waals surface area contributed by atoms with Crippen LogP contribution >= 0.6 is 0 Å². The number of hydrogen-bond donors (Lipinski definition) is 1. The van der Waals surface area contributed by atoms with Gasteiger partial charge in [-0.05, 0) is 55.0 Å². The van der Waals surface area contributed by atoms with Crippen LogP contribution in [0.5, 0.6) is 28.7 Å². The van der Waals surface area contributed by atoms with E-state index in [2.05, 4.69) is 5.32 Å². The first-order chi connectivity index (χ1) is 17.4. The van der Waals surface area contributed by atoms with E-state index in [0.717, 1.165) is 11.1 Å². The number of carbonyl (C=O) groups excluding carboxylic acids is 2. The first kappa shape index (κ1) is 23.3. The van der Waals surface area contributed by atoms with E-state index in [4.69, 9.17) is 23.7 Å². The Hall–Kier alpha value is -4.40. The maximum atomic E-state index is 13.1. The highest BCUT2D eigenvalue weighted by molar-refractivity contribution is 6.05. The average molecular weight is 491 g/mol. The van der Waals surface area contributed by atoms with Gasteiger partial charge in [0, 0.05) is 36.0 Å². The summed E-state index contributed by atoms with van der Waals surface area (Å²) in [7, 11) is 3.06. The molecule has 0 spiro atoms. The summed E-state index contributed by atoms with van der Waals surface area (Å²) in [5.74, 6) is 2.55. The normalized spacial score (nSPS) is 16.0. The van der Waals surface area contributed by atoms with Crippen LogP contribution in [0.4, 0.5) is 5.69 Å². The molecule has 2 aliphatic heterocycles. The second kappa shape index (κ2) is 9.69. The van der Waals surface area contributed by atoms with Crippen molar-refractivity contribution in [2.45, 2.75) is 26.1 Å². The van der Waals surface area contributed by atoms with Crippen LogP contribution in [0.25, 0.3) is 0 Å². The number of rotatable bonds is 6.